The molecule has 1 fully saturated rings. The summed E-state index contributed by atoms with van der Waals surface area (Å²) in [5.74, 6) is 6.53. The third kappa shape index (κ3) is 4.33. The Morgan fingerprint density at radius 3 is 2.86 bits per heavy atom. The predicted molar refractivity (Wildman–Crippen MR) is 88.5 cm³/mol. The highest BCUT2D eigenvalue weighted by atomic mass is 32.1. The molecule has 3 N–H and O–H groups in total. The Balaban J connectivity index is 1.99. The molecule has 2 rings (SSSR count). The van der Waals surface area contributed by atoms with Gasteiger partial charge in [0.25, 0.3) is 5.91 Å². The van der Waals surface area contributed by atoms with Gasteiger partial charge in [0.15, 0.2) is 0 Å². The van der Waals surface area contributed by atoms with Crippen LogP contribution in [0.5, 0.6) is 0 Å². The van der Waals surface area contributed by atoms with Crippen molar-refractivity contribution in [3.63, 3.8) is 0 Å². The molecular formula is C17H24N2OS. The van der Waals surface area contributed by atoms with Gasteiger partial charge in [-0.05, 0) is 44.2 Å². The molecule has 1 aliphatic carbocycles. The molecule has 0 spiro atoms. The number of hydrogen-bond donors (Lipinski definition) is 2. The lowest BCUT2D eigenvalue weighted by Gasteiger charge is -2.28. The maximum atomic E-state index is 12.4. The van der Waals surface area contributed by atoms with E-state index in [4.69, 9.17) is 5.73 Å². The van der Waals surface area contributed by atoms with Gasteiger partial charge in [-0.25, -0.2) is 0 Å². The maximum Gasteiger partial charge on any atom is 0.261 e. The Hall–Kier alpha value is -1.31. The molecule has 1 heterocycles. The van der Waals surface area contributed by atoms with E-state index in [-0.39, 0.29) is 11.9 Å². The molecule has 1 atom stereocenters. The van der Waals surface area contributed by atoms with E-state index in [9.17, 15) is 4.79 Å². The summed E-state index contributed by atoms with van der Waals surface area (Å²) in [6.07, 6.45) is 6.39. The molecule has 0 aliphatic heterocycles. The fraction of sp³-hybridized carbons (Fsp3) is 0.588. The van der Waals surface area contributed by atoms with Crippen molar-refractivity contribution < 1.29 is 4.79 Å². The lowest BCUT2D eigenvalue weighted by Crippen LogP contribution is -2.38. The fourth-order valence-corrected chi connectivity index (χ4v) is 3.83. The van der Waals surface area contributed by atoms with Crippen LogP contribution in [-0.4, -0.2) is 18.5 Å². The highest BCUT2D eigenvalue weighted by molar-refractivity contribution is 7.14. The number of rotatable bonds is 3. The normalized spacial score (nSPS) is 16.9. The topological polar surface area (TPSA) is 55.1 Å². The van der Waals surface area contributed by atoms with Crippen LogP contribution in [0.15, 0.2) is 6.07 Å². The van der Waals surface area contributed by atoms with E-state index in [0.29, 0.717) is 12.5 Å². The third-order valence-corrected chi connectivity index (χ3v) is 5.31. The second kappa shape index (κ2) is 7.63. The van der Waals surface area contributed by atoms with Gasteiger partial charge < -0.3 is 11.1 Å². The minimum absolute atomic E-state index is 0.0296. The number of carbonyl (C=O) groups excluding carboxylic acids is 1. The number of amides is 1. The van der Waals surface area contributed by atoms with E-state index in [2.05, 4.69) is 24.1 Å². The monoisotopic (exact) mass is 304 g/mol. The molecule has 1 amide bonds. The number of carbonyl (C=O) groups is 1. The number of aryl methyl sites for hydroxylation is 1. The maximum absolute atomic E-state index is 12.4. The molecule has 1 aromatic rings. The Morgan fingerprint density at radius 2 is 2.19 bits per heavy atom. The summed E-state index contributed by atoms with van der Waals surface area (Å²) in [4.78, 5) is 14.1. The van der Waals surface area contributed by atoms with E-state index in [1.54, 1.807) is 0 Å². The van der Waals surface area contributed by atoms with E-state index >= 15 is 0 Å². The molecule has 1 aromatic heterocycles. The molecule has 4 heteroatoms. The average Bonchev–Trinajstić information content (AvgIpc) is 2.87. The van der Waals surface area contributed by atoms with Crippen molar-refractivity contribution in [1.82, 2.24) is 5.32 Å². The van der Waals surface area contributed by atoms with Crippen LogP contribution in [0.4, 0.5) is 0 Å². The Kier molecular flexibility index (Phi) is 5.84. The number of thiophene rings is 1. The van der Waals surface area contributed by atoms with Crippen LogP contribution < -0.4 is 11.1 Å². The second-order valence-electron chi connectivity index (χ2n) is 5.79. The Morgan fingerprint density at radius 1 is 1.48 bits per heavy atom. The van der Waals surface area contributed by atoms with Crippen LogP contribution in [0.25, 0.3) is 0 Å². The molecular weight excluding hydrogens is 280 g/mol. The average molecular weight is 304 g/mol. The van der Waals surface area contributed by atoms with Crippen molar-refractivity contribution in [1.29, 1.82) is 0 Å². The van der Waals surface area contributed by atoms with Gasteiger partial charge in [0, 0.05) is 6.04 Å². The molecule has 0 aromatic carbocycles. The lowest BCUT2D eigenvalue weighted by atomic mass is 9.84. The first-order valence-corrected chi connectivity index (χ1v) is 8.53. The number of nitrogens with two attached hydrogens (primary N) is 1. The van der Waals surface area contributed by atoms with Crippen molar-refractivity contribution in [3.8, 4) is 11.8 Å². The van der Waals surface area contributed by atoms with Gasteiger partial charge in [0.2, 0.25) is 0 Å². The number of hydrogen-bond acceptors (Lipinski definition) is 3. The first-order chi connectivity index (χ1) is 10.1. The smallest absolute Gasteiger partial charge is 0.261 e. The van der Waals surface area contributed by atoms with E-state index in [1.165, 1.54) is 43.4 Å². The first kappa shape index (κ1) is 16.1. The third-order valence-electron chi connectivity index (χ3n) is 4.16. The van der Waals surface area contributed by atoms with Crippen molar-refractivity contribution in [2.24, 2.45) is 11.7 Å². The molecule has 0 radical (unpaired) electrons. The van der Waals surface area contributed by atoms with Gasteiger partial charge >= 0.3 is 0 Å². The minimum atomic E-state index is 0.0296. The zero-order valence-electron chi connectivity index (χ0n) is 12.9. The largest absolute Gasteiger partial charge is 0.349 e. The summed E-state index contributed by atoms with van der Waals surface area (Å²) in [7, 11) is 0. The number of nitrogens with one attached hydrogen (secondary N) is 1. The zero-order valence-corrected chi connectivity index (χ0v) is 13.7. The van der Waals surface area contributed by atoms with Crippen molar-refractivity contribution in [2.45, 2.75) is 52.0 Å². The highest BCUT2D eigenvalue weighted by Gasteiger charge is 2.22. The quantitative estimate of drug-likeness (QED) is 0.843. The zero-order chi connectivity index (χ0) is 15.2. The first-order valence-electron chi connectivity index (χ1n) is 7.72. The molecule has 1 aliphatic rings. The van der Waals surface area contributed by atoms with Gasteiger partial charge in [-0.15, -0.1) is 11.3 Å². The standard InChI is InChI=1S/C17H24N2OS/c1-12-11-16(21-15(12)9-6-10-18)17(20)19-13(2)14-7-4-3-5-8-14/h11,13-14H,3-5,7-8,10,18H2,1-2H3,(H,19,20). The lowest BCUT2D eigenvalue weighted by molar-refractivity contribution is 0.0923. The van der Waals surface area contributed by atoms with Crippen LogP contribution in [0.2, 0.25) is 0 Å². The Bertz CT molecular complexity index is 547. The summed E-state index contributed by atoms with van der Waals surface area (Å²) in [5, 5.41) is 3.16. The second-order valence-corrected chi connectivity index (χ2v) is 6.84. The highest BCUT2D eigenvalue weighted by Crippen LogP contribution is 2.27. The summed E-state index contributed by atoms with van der Waals surface area (Å²) in [6, 6.07) is 2.17. The molecule has 114 valence electrons. The SMILES string of the molecule is Cc1cc(C(=O)NC(C)C2CCCCC2)sc1C#CCN. The van der Waals surface area contributed by atoms with Gasteiger partial charge in [-0.2, -0.15) is 0 Å². The molecule has 21 heavy (non-hydrogen) atoms. The summed E-state index contributed by atoms with van der Waals surface area (Å²) >= 11 is 1.45. The van der Waals surface area contributed by atoms with Gasteiger partial charge in [-0.1, -0.05) is 31.1 Å². The van der Waals surface area contributed by atoms with Crippen LogP contribution in [0.3, 0.4) is 0 Å². The van der Waals surface area contributed by atoms with Crippen LogP contribution in [0.1, 0.15) is 59.1 Å². The van der Waals surface area contributed by atoms with Crippen LogP contribution >= 0.6 is 11.3 Å². The van der Waals surface area contributed by atoms with E-state index in [0.717, 1.165) is 15.3 Å². The van der Waals surface area contributed by atoms with E-state index < -0.39 is 0 Å². The van der Waals surface area contributed by atoms with Gasteiger partial charge in [0.05, 0.1) is 16.3 Å². The molecule has 0 bridgehead atoms. The summed E-state index contributed by atoms with van der Waals surface area (Å²) in [6.45, 7) is 4.46. The molecule has 3 nitrogen and oxygen atoms in total. The Labute approximate surface area is 131 Å². The predicted octanol–water partition coefficient (Wildman–Crippen LogP) is 3.07. The van der Waals surface area contributed by atoms with Gasteiger partial charge in [-0.3, -0.25) is 4.79 Å². The van der Waals surface area contributed by atoms with E-state index in [1.807, 2.05) is 13.0 Å². The summed E-state index contributed by atoms with van der Waals surface area (Å²) < 4.78 is 0. The summed E-state index contributed by atoms with van der Waals surface area (Å²) in [5.41, 5.74) is 6.45. The van der Waals surface area contributed by atoms with Crippen molar-refractivity contribution >= 4 is 17.2 Å². The molecule has 1 saturated carbocycles. The van der Waals surface area contributed by atoms with Crippen molar-refractivity contribution in [2.75, 3.05) is 6.54 Å². The minimum Gasteiger partial charge on any atom is -0.349 e. The fourth-order valence-electron chi connectivity index (χ4n) is 2.88. The van der Waals surface area contributed by atoms with Crippen molar-refractivity contribution in [3.05, 3.63) is 21.4 Å². The van der Waals surface area contributed by atoms with Gasteiger partial charge in [0.1, 0.15) is 0 Å². The molecule has 1 unspecified atom stereocenters. The van der Waals surface area contributed by atoms with Crippen LogP contribution in [-0.2, 0) is 0 Å². The molecule has 0 saturated heterocycles. The van der Waals surface area contributed by atoms with Crippen LogP contribution in [0, 0.1) is 24.7 Å².